The van der Waals surface area contributed by atoms with Crippen LogP contribution >= 0.6 is 0 Å². The number of aryl methyl sites for hydroxylation is 1. The second kappa shape index (κ2) is 7.89. The maximum absolute atomic E-state index is 12.8. The first-order chi connectivity index (χ1) is 15.0. The van der Waals surface area contributed by atoms with Crippen molar-refractivity contribution in [3.63, 3.8) is 0 Å². The van der Waals surface area contributed by atoms with Crippen molar-refractivity contribution in [2.45, 2.75) is 51.3 Å². The second-order valence-corrected chi connectivity index (χ2v) is 9.07. The summed E-state index contributed by atoms with van der Waals surface area (Å²) in [5.74, 6) is 1.11. The summed E-state index contributed by atoms with van der Waals surface area (Å²) in [4.78, 5) is 12.8. The Morgan fingerprint density at radius 1 is 1.42 bits per heavy atom. The largest absolute Gasteiger partial charge is 0.491 e. The number of aromatic nitrogens is 2. The molecule has 1 amide bonds. The highest BCUT2D eigenvalue weighted by Crippen LogP contribution is 2.45. The van der Waals surface area contributed by atoms with Gasteiger partial charge in [-0.15, -0.1) is 0 Å². The summed E-state index contributed by atoms with van der Waals surface area (Å²) in [6, 6.07) is 8.99. The minimum atomic E-state index is -0.256. The van der Waals surface area contributed by atoms with E-state index < -0.39 is 0 Å². The van der Waals surface area contributed by atoms with Gasteiger partial charge in [-0.3, -0.25) is 4.79 Å². The van der Waals surface area contributed by atoms with Gasteiger partial charge in [0.15, 0.2) is 5.69 Å². The molecule has 2 aliphatic heterocycles. The molecule has 0 radical (unpaired) electrons. The molecule has 2 atom stereocenters. The molecule has 0 unspecified atom stereocenters. The standard InChI is InChI=1S/C23H26N4O4/c1-23(5-6-23)14-29-13-18-4-7-27-21(31-18)10-19(26-27)22(28)25-17-9-16-8-15(11-24)2-3-20(16)30-12-17/h2-3,8,10,17-18H,4-7,9,12-14H2,1H3,(H,25,28)/t17-,18-/m1/s1. The normalized spacial score (nSPS) is 22.8. The third kappa shape index (κ3) is 4.37. The zero-order valence-electron chi connectivity index (χ0n) is 17.6. The highest BCUT2D eigenvalue weighted by atomic mass is 16.5. The van der Waals surface area contributed by atoms with E-state index in [0.717, 1.165) is 24.3 Å². The van der Waals surface area contributed by atoms with Crippen LogP contribution in [0.1, 0.15) is 47.8 Å². The highest BCUT2D eigenvalue weighted by Gasteiger charge is 2.37. The van der Waals surface area contributed by atoms with E-state index in [-0.39, 0.29) is 18.1 Å². The molecule has 31 heavy (non-hydrogen) atoms. The first kappa shape index (κ1) is 19.9. The van der Waals surface area contributed by atoms with E-state index in [0.29, 0.717) is 48.7 Å². The maximum Gasteiger partial charge on any atom is 0.272 e. The Morgan fingerprint density at radius 2 is 2.29 bits per heavy atom. The number of amides is 1. The van der Waals surface area contributed by atoms with Gasteiger partial charge < -0.3 is 19.5 Å². The molecule has 3 aliphatic rings. The number of benzene rings is 1. The molecular formula is C23H26N4O4. The molecule has 1 saturated carbocycles. The van der Waals surface area contributed by atoms with Crippen molar-refractivity contribution >= 4 is 5.91 Å². The van der Waals surface area contributed by atoms with Crippen LogP contribution < -0.4 is 14.8 Å². The number of ether oxygens (including phenoxy) is 3. The van der Waals surface area contributed by atoms with Gasteiger partial charge in [-0.25, -0.2) is 4.68 Å². The Bertz CT molecular complexity index is 1040. The number of hydrogen-bond donors (Lipinski definition) is 1. The molecule has 162 valence electrons. The number of fused-ring (bicyclic) bond motifs is 2. The van der Waals surface area contributed by atoms with Crippen molar-refractivity contribution in [1.29, 1.82) is 5.26 Å². The van der Waals surface area contributed by atoms with Gasteiger partial charge in [0.2, 0.25) is 5.88 Å². The van der Waals surface area contributed by atoms with E-state index in [4.69, 9.17) is 19.5 Å². The van der Waals surface area contributed by atoms with Crippen molar-refractivity contribution in [3.8, 4) is 17.7 Å². The Balaban J connectivity index is 1.17. The van der Waals surface area contributed by atoms with Gasteiger partial charge in [-0.05, 0) is 48.4 Å². The molecular weight excluding hydrogens is 396 g/mol. The van der Waals surface area contributed by atoms with Crippen LogP contribution in [0.15, 0.2) is 24.3 Å². The fraction of sp³-hybridized carbons (Fsp3) is 0.522. The molecule has 8 nitrogen and oxygen atoms in total. The van der Waals surface area contributed by atoms with Crippen LogP contribution in [-0.4, -0.2) is 47.7 Å². The summed E-state index contributed by atoms with van der Waals surface area (Å²) >= 11 is 0. The highest BCUT2D eigenvalue weighted by molar-refractivity contribution is 5.92. The van der Waals surface area contributed by atoms with Gasteiger partial charge in [0.05, 0.1) is 30.9 Å². The Labute approximate surface area is 181 Å². The van der Waals surface area contributed by atoms with Crippen LogP contribution in [0.5, 0.6) is 11.6 Å². The fourth-order valence-electron chi connectivity index (χ4n) is 3.99. The van der Waals surface area contributed by atoms with Crippen molar-refractivity contribution < 1.29 is 19.0 Å². The molecule has 0 saturated heterocycles. The van der Waals surface area contributed by atoms with E-state index in [1.165, 1.54) is 12.8 Å². The van der Waals surface area contributed by atoms with Crippen molar-refractivity contribution in [2.75, 3.05) is 19.8 Å². The molecule has 0 bridgehead atoms. The predicted molar refractivity (Wildman–Crippen MR) is 111 cm³/mol. The maximum atomic E-state index is 12.8. The lowest BCUT2D eigenvalue weighted by Gasteiger charge is -2.25. The third-order valence-corrected chi connectivity index (χ3v) is 6.21. The van der Waals surface area contributed by atoms with Crippen LogP contribution in [0.3, 0.4) is 0 Å². The molecule has 1 fully saturated rings. The first-order valence-electron chi connectivity index (χ1n) is 10.8. The lowest BCUT2D eigenvalue weighted by molar-refractivity contribution is 0.0109. The van der Waals surface area contributed by atoms with E-state index in [2.05, 4.69) is 23.4 Å². The molecule has 1 aliphatic carbocycles. The minimum absolute atomic E-state index is 0.0139. The molecule has 1 N–H and O–H groups in total. The van der Waals surface area contributed by atoms with Gasteiger partial charge in [0, 0.05) is 19.0 Å². The van der Waals surface area contributed by atoms with Crippen LogP contribution in [-0.2, 0) is 17.7 Å². The van der Waals surface area contributed by atoms with Gasteiger partial charge in [0.25, 0.3) is 5.91 Å². The van der Waals surface area contributed by atoms with Crippen LogP contribution in [0.25, 0.3) is 0 Å². The Kier molecular flexibility index (Phi) is 5.06. The number of hydrogen-bond acceptors (Lipinski definition) is 6. The average Bonchev–Trinajstić information content (AvgIpc) is 3.35. The van der Waals surface area contributed by atoms with Crippen LogP contribution in [0, 0.1) is 16.7 Å². The number of nitrogens with zero attached hydrogens (tertiary/aromatic N) is 3. The number of carbonyl (C=O) groups excluding carboxylic acids is 1. The number of nitrogens with one attached hydrogen (secondary N) is 1. The second-order valence-electron chi connectivity index (χ2n) is 9.07. The SMILES string of the molecule is CC1(COC[C@H]2CCn3nc(C(=O)N[C@H]4COc5ccc(C#N)cc5C4)cc3O2)CC1. The number of rotatable bonds is 6. The average molecular weight is 422 g/mol. The Hall–Kier alpha value is -3.05. The van der Waals surface area contributed by atoms with Crippen molar-refractivity contribution in [3.05, 3.63) is 41.1 Å². The molecule has 1 aromatic heterocycles. The summed E-state index contributed by atoms with van der Waals surface area (Å²) in [5, 5.41) is 16.5. The summed E-state index contributed by atoms with van der Waals surface area (Å²) in [7, 11) is 0. The molecule has 5 rings (SSSR count). The summed E-state index contributed by atoms with van der Waals surface area (Å²) < 4.78 is 19.3. The number of carbonyl (C=O) groups is 1. The van der Waals surface area contributed by atoms with Crippen molar-refractivity contribution in [2.24, 2.45) is 5.41 Å². The molecule has 8 heteroatoms. The zero-order valence-corrected chi connectivity index (χ0v) is 17.6. The van der Waals surface area contributed by atoms with Gasteiger partial charge in [-0.1, -0.05) is 6.92 Å². The minimum Gasteiger partial charge on any atom is -0.491 e. The zero-order chi connectivity index (χ0) is 21.4. The van der Waals surface area contributed by atoms with E-state index in [9.17, 15) is 4.79 Å². The monoisotopic (exact) mass is 422 g/mol. The Morgan fingerprint density at radius 3 is 3.10 bits per heavy atom. The van der Waals surface area contributed by atoms with E-state index in [1.807, 2.05) is 6.07 Å². The lowest BCUT2D eigenvalue weighted by Crippen LogP contribution is -2.42. The van der Waals surface area contributed by atoms with Gasteiger partial charge in [-0.2, -0.15) is 10.4 Å². The summed E-state index contributed by atoms with van der Waals surface area (Å²) in [6.45, 7) is 4.67. The fourth-order valence-corrected chi connectivity index (χ4v) is 3.99. The van der Waals surface area contributed by atoms with Crippen LogP contribution in [0.2, 0.25) is 0 Å². The predicted octanol–water partition coefficient (Wildman–Crippen LogP) is 2.46. The number of nitriles is 1. The molecule has 0 spiro atoms. The topological polar surface area (TPSA) is 98.4 Å². The third-order valence-electron chi connectivity index (χ3n) is 6.21. The molecule has 3 heterocycles. The summed E-state index contributed by atoms with van der Waals surface area (Å²) in [5.41, 5.74) is 2.20. The van der Waals surface area contributed by atoms with Gasteiger partial charge >= 0.3 is 0 Å². The summed E-state index contributed by atoms with van der Waals surface area (Å²) in [6.07, 6.45) is 3.88. The lowest BCUT2D eigenvalue weighted by atomic mass is 10.0. The first-order valence-corrected chi connectivity index (χ1v) is 10.8. The molecule has 1 aromatic carbocycles. The van der Waals surface area contributed by atoms with Gasteiger partial charge in [0.1, 0.15) is 18.5 Å². The molecule has 2 aromatic rings. The van der Waals surface area contributed by atoms with E-state index >= 15 is 0 Å². The quantitative estimate of drug-likeness (QED) is 0.768. The van der Waals surface area contributed by atoms with Crippen molar-refractivity contribution in [1.82, 2.24) is 15.1 Å². The van der Waals surface area contributed by atoms with Crippen LogP contribution in [0.4, 0.5) is 0 Å². The smallest absolute Gasteiger partial charge is 0.272 e. The van der Waals surface area contributed by atoms with E-state index in [1.54, 1.807) is 22.9 Å².